The fraction of sp³-hybridized carbons (Fsp3) is 0.769. The van der Waals surface area contributed by atoms with Gasteiger partial charge in [0.25, 0.3) is 0 Å². The first-order valence-electron chi connectivity index (χ1n) is 6.55. The van der Waals surface area contributed by atoms with Crippen molar-refractivity contribution in [3.8, 4) is 0 Å². The summed E-state index contributed by atoms with van der Waals surface area (Å²) in [7, 11) is 0. The molecule has 17 heavy (non-hydrogen) atoms. The molecule has 3 rings (SSSR count). The van der Waals surface area contributed by atoms with Gasteiger partial charge in [0.2, 0.25) is 0 Å². The number of nitrogens with one attached hydrogen (secondary N) is 1. The first-order valence-corrected chi connectivity index (χ1v) is 6.55. The van der Waals surface area contributed by atoms with Gasteiger partial charge in [-0.1, -0.05) is 0 Å². The van der Waals surface area contributed by atoms with Gasteiger partial charge in [-0.3, -0.25) is 0 Å². The highest BCUT2D eigenvalue weighted by atomic mass is 16.5. The van der Waals surface area contributed by atoms with Crippen molar-refractivity contribution < 1.29 is 4.74 Å². The van der Waals surface area contributed by atoms with Gasteiger partial charge in [-0.2, -0.15) is 0 Å². The molecule has 94 valence electrons. The fourth-order valence-corrected chi connectivity index (χ4v) is 3.01. The zero-order valence-corrected chi connectivity index (χ0v) is 10.7. The number of rotatable bonds is 1. The van der Waals surface area contributed by atoms with Crippen molar-refractivity contribution in [1.29, 1.82) is 0 Å². The second-order valence-electron chi connectivity index (χ2n) is 5.73. The third kappa shape index (κ3) is 2.11. The number of ether oxygens (including phenoxy) is 1. The van der Waals surface area contributed by atoms with Crippen molar-refractivity contribution in [3.63, 3.8) is 0 Å². The summed E-state index contributed by atoms with van der Waals surface area (Å²) in [5, 5.41) is 3.37. The molecule has 0 saturated carbocycles. The maximum atomic E-state index is 5.79. The van der Waals surface area contributed by atoms with E-state index in [1.54, 1.807) is 0 Å². The average molecular weight is 235 g/mol. The van der Waals surface area contributed by atoms with Gasteiger partial charge in [0.1, 0.15) is 0 Å². The molecule has 1 saturated heterocycles. The van der Waals surface area contributed by atoms with E-state index < -0.39 is 0 Å². The molecule has 0 radical (unpaired) electrons. The monoisotopic (exact) mass is 235 g/mol. The molecule has 1 N–H and O–H groups in total. The normalized spacial score (nSPS) is 27.8. The molecule has 2 aliphatic heterocycles. The molecule has 0 amide bonds. The van der Waals surface area contributed by atoms with E-state index in [-0.39, 0.29) is 5.60 Å². The average Bonchev–Trinajstić information content (AvgIpc) is 2.71. The molecule has 2 aliphatic rings. The lowest BCUT2D eigenvalue weighted by Gasteiger charge is -2.37. The van der Waals surface area contributed by atoms with Crippen molar-refractivity contribution in [2.24, 2.45) is 0 Å². The molecule has 0 aromatic carbocycles. The number of hydrogen-bond acceptors (Lipinski definition) is 3. The van der Waals surface area contributed by atoms with Crippen LogP contribution in [-0.4, -0.2) is 28.3 Å². The van der Waals surface area contributed by atoms with Crippen LogP contribution >= 0.6 is 0 Å². The molecule has 1 aromatic rings. The number of fused-ring (bicyclic) bond motifs is 1. The second-order valence-corrected chi connectivity index (χ2v) is 5.73. The van der Waals surface area contributed by atoms with Crippen LogP contribution < -0.4 is 5.32 Å². The molecule has 0 spiro atoms. The van der Waals surface area contributed by atoms with Gasteiger partial charge in [-0.25, -0.2) is 4.98 Å². The quantitative estimate of drug-likeness (QED) is 0.804. The van der Waals surface area contributed by atoms with Gasteiger partial charge >= 0.3 is 0 Å². The van der Waals surface area contributed by atoms with Crippen LogP contribution in [0.3, 0.4) is 0 Å². The molecule has 4 heteroatoms. The van der Waals surface area contributed by atoms with Crippen molar-refractivity contribution in [2.75, 3.05) is 13.2 Å². The first kappa shape index (κ1) is 11.2. The highest BCUT2D eigenvalue weighted by Gasteiger charge is 2.31. The van der Waals surface area contributed by atoms with E-state index >= 15 is 0 Å². The Morgan fingerprint density at radius 3 is 3.24 bits per heavy atom. The van der Waals surface area contributed by atoms with Gasteiger partial charge < -0.3 is 14.6 Å². The summed E-state index contributed by atoms with van der Waals surface area (Å²) in [6, 6.07) is 0.563. The number of aromatic nitrogens is 2. The lowest BCUT2D eigenvalue weighted by atomic mass is 9.93. The van der Waals surface area contributed by atoms with Crippen LogP contribution in [0.1, 0.15) is 44.1 Å². The summed E-state index contributed by atoms with van der Waals surface area (Å²) in [4.78, 5) is 4.54. The van der Waals surface area contributed by atoms with E-state index in [9.17, 15) is 0 Å². The Morgan fingerprint density at radius 1 is 1.53 bits per heavy atom. The van der Waals surface area contributed by atoms with E-state index in [1.807, 2.05) is 6.33 Å². The highest BCUT2D eigenvalue weighted by Crippen LogP contribution is 2.33. The zero-order valence-electron chi connectivity index (χ0n) is 10.7. The number of nitrogens with zero attached hydrogens (tertiary/aromatic N) is 2. The van der Waals surface area contributed by atoms with Crippen LogP contribution in [0.2, 0.25) is 0 Å². The van der Waals surface area contributed by atoms with Gasteiger partial charge in [-0.05, 0) is 26.7 Å². The molecular formula is C13H21N3O. The first-order chi connectivity index (χ1) is 8.16. The molecule has 1 aromatic heterocycles. The summed E-state index contributed by atoms with van der Waals surface area (Å²) < 4.78 is 8.19. The number of imidazole rings is 1. The van der Waals surface area contributed by atoms with Crippen LogP contribution in [0.5, 0.6) is 0 Å². The van der Waals surface area contributed by atoms with E-state index in [2.05, 4.69) is 28.7 Å². The molecule has 0 aliphatic carbocycles. The van der Waals surface area contributed by atoms with Crippen LogP contribution in [-0.2, 0) is 17.7 Å². The maximum absolute atomic E-state index is 5.79. The summed E-state index contributed by atoms with van der Waals surface area (Å²) in [6.07, 6.45) is 5.33. The van der Waals surface area contributed by atoms with E-state index in [0.29, 0.717) is 6.04 Å². The lowest BCUT2D eigenvalue weighted by molar-refractivity contribution is -0.0694. The molecular weight excluding hydrogens is 214 g/mol. The minimum absolute atomic E-state index is 0.00693. The standard InChI is InChI=1S/C13H21N3O/c1-13(2)7-10(4-6-17-13)16-9-15-11-8-14-5-3-12(11)16/h9-10,14H,3-8H2,1-2H3. The third-order valence-corrected chi connectivity index (χ3v) is 3.88. The Morgan fingerprint density at radius 2 is 2.41 bits per heavy atom. The van der Waals surface area contributed by atoms with Crippen LogP contribution in [0.4, 0.5) is 0 Å². The minimum Gasteiger partial charge on any atom is -0.375 e. The SMILES string of the molecule is CC1(C)CC(n2cnc3c2CCNC3)CCO1. The Kier molecular flexibility index (Phi) is 2.71. The van der Waals surface area contributed by atoms with Gasteiger partial charge in [0.05, 0.1) is 17.6 Å². The lowest BCUT2D eigenvalue weighted by Crippen LogP contribution is -2.36. The fourth-order valence-electron chi connectivity index (χ4n) is 3.01. The van der Waals surface area contributed by atoms with E-state index in [0.717, 1.165) is 39.0 Å². The molecule has 4 nitrogen and oxygen atoms in total. The molecule has 1 atom stereocenters. The van der Waals surface area contributed by atoms with E-state index in [4.69, 9.17) is 4.74 Å². The summed E-state index contributed by atoms with van der Waals surface area (Å²) in [6.45, 7) is 7.23. The van der Waals surface area contributed by atoms with Crippen molar-refractivity contribution >= 4 is 0 Å². The van der Waals surface area contributed by atoms with Crippen molar-refractivity contribution in [3.05, 3.63) is 17.7 Å². The van der Waals surface area contributed by atoms with Crippen LogP contribution in [0.25, 0.3) is 0 Å². The Labute approximate surface area is 102 Å². The molecule has 1 fully saturated rings. The van der Waals surface area contributed by atoms with Gasteiger partial charge in [0.15, 0.2) is 0 Å². The highest BCUT2D eigenvalue weighted by molar-refractivity contribution is 5.17. The van der Waals surface area contributed by atoms with Crippen LogP contribution in [0.15, 0.2) is 6.33 Å². The van der Waals surface area contributed by atoms with Crippen molar-refractivity contribution in [2.45, 2.75) is 51.3 Å². The molecule has 3 heterocycles. The summed E-state index contributed by atoms with van der Waals surface area (Å²) in [5.41, 5.74) is 2.68. The largest absolute Gasteiger partial charge is 0.375 e. The molecule has 1 unspecified atom stereocenters. The number of hydrogen-bond donors (Lipinski definition) is 1. The Balaban J connectivity index is 1.86. The van der Waals surface area contributed by atoms with Crippen molar-refractivity contribution in [1.82, 2.24) is 14.9 Å². The third-order valence-electron chi connectivity index (χ3n) is 3.88. The van der Waals surface area contributed by atoms with Gasteiger partial charge in [0, 0.05) is 37.9 Å². The second kappa shape index (κ2) is 4.10. The Hall–Kier alpha value is -0.870. The predicted molar refractivity (Wildman–Crippen MR) is 65.9 cm³/mol. The minimum atomic E-state index is 0.00693. The topological polar surface area (TPSA) is 39.1 Å². The summed E-state index contributed by atoms with van der Waals surface area (Å²) in [5.74, 6) is 0. The molecule has 0 bridgehead atoms. The van der Waals surface area contributed by atoms with Crippen LogP contribution in [0, 0.1) is 0 Å². The Bertz CT molecular complexity index is 411. The predicted octanol–water partition coefficient (Wildman–Crippen LogP) is 1.66. The smallest absolute Gasteiger partial charge is 0.0954 e. The zero-order chi connectivity index (χ0) is 11.9. The maximum Gasteiger partial charge on any atom is 0.0954 e. The van der Waals surface area contributed by atoms with Gasteiger partial charge in [-0.15, -0.1) is 0 Å². The summed E-state index contributed by atoms with van der Waals surface area (Å²) >= 11 is 0. The van der Waals surface area contributed by atoms with E-state index in [1.165, 1.54) is 11.4 Å².